The quantitative estimate of drug-likeness (QED) is 0.581. The van der Waals surface area contributed by atoms with Gasteiger partial charge in [0, 0.05) is 6.54 Å². The molecule has 1 aliphatic heterocycles. The molecular formula is C14H19NO5. The second kappa shape index (κ2) is 6.07. The molecular weight excluding hydrogens is 262 g/mol. The van der Waals surface area contributed by atoms with E-state index >= 15 is 0 Å². The number of hydrogen-bond donors (Lipinski definition) is 0. The van der Waals surface area contributed by atoms with Gasteiger partial charge in [-0.15, -0.1) is 0 Å². The molecule has 20 heavy (non-hydrogen) atoms. The fourth-order valence-corrected chi connectivity index (χ4v) is 2.58. The van der Waals surface area contributed by atoms with Crippen molar-refractivity contribution in [3.63, 3.8) is 0 Å². The Labute approximate surface area is 117 Å². The number of carbonyl (C=O) groups excluding carboxylic acids is 1. The molecule has 1 saturated heterocycles. The van der Waals surface area contributed by atoms with Crippen molar-refractivity contribution in [2.45, 2.75) is 39.2 Å². The topological polar surface area (TPSA) is 72.9 Å². The molecule has 0 saturated carbocycles. The van der Waals surface area contributed by atoms with Crippen LogP contribution in [0.1, 0.15) is 33.1 Å². The van der Waals surface area contributed by atoms with Crippen LogP contribution in [-0.2, 0) is 9.53 Å². The maximum absolute atomic E-state index is 12.0. The molecule has 1 aromatic rings. The van der Waals surface area contributed by atoms with E-state index in [1.54, 1.807) is 18.7 Å². The summed E-state index contributed by atoms with van der Waals surface area (Å²) in [5.41, 5.74) is -0.922. The van der Waals surface area contributed by atoms with Crippen molar-refractivity contribution in [2.75, 3.05) is 24.7 Å². The Morgan fingerprint density at radius 2 is 1.95 bits per heavy atom. The molecule has 110 valence electrons. The molecule has 1 aromatic carbocycles. The third-order valence-corrected chi connectivity index (χ3v) is 3.48. The molecule has 1 aliphatic rings. The highest BCUT2D eigenvalue weighted by molar-refractivity contribution is 5.82. The SMILES string of the molecule is CCOC(=O)[C@H]1CCCCN1c1c(OCC)c(=O)c1=O. The van der Waals surface area contributed by atoms with Crippen LogP contribution in [0.5, 0.6) is 5.75 Å². The van der Waals surface area contributed by atoms with Crippen LogP contribution < -0.4 is 20.5 Å². The van der Waals surface area contributed by atoms with Gasteiger partial charge in [-0.1, -0.05) is 0 Å². The Morgan fingerprint density at radius 1 is 1.20 bits per heavy atom. The Bertz CT molecular complexity index is 558. The standard InChI is InChI=1S/C14H19NO5/c1-3-19-13-10(11(16)12(13)17)15-8-6-5-7-9(15)14(18)20-4-2/h9H,3-8H2,1-2H3/t9-/m1/s1. The molecule has 0 spiro atoms. The van der Waals surface area contributed by atoms with Gasteiger partial charge in [0.25, 0.3) is 10.9 Å². The van der Waals surface area contributed by atoms with Crippen molar-refractivity contribution < 1.29 is 14.3 Å². The third kappa shape index (κ3) is 2.42. The number of carbonyl (C=O) groups is 1. The predicted molar refractivity (Wildman–Crippen MR) is 74.1 cm³/mol. The van der Waals surface area contributed by atoms with Gasteiger partial charge in [-0.3, -0.25) is 9.59 Å². The highest BCUT2D eigenvalue weighted by Crippen LogP contribution is 2.29. The normalized spacial score (nSPS) is 19.1. The molecule has 6 nitrogen and oxygen atoms in total. The largest absolute Gasteiger partial charge is 0.488 e. The van der Waals surface area contributed by atoms with Crippen LogP contribution in [0.3, 0.4) is 0 Å². The summed E-state index contributed by atoms with van der Waals surface area (Å²) in [6.07, 6.45) is 2.41. The van der Waals surface area contributed by atoms with Gasteiger partial charge in [-0.2, -0.15) is 0 Å². The summed E-state index contributed by atoms with van der Waals surface area (Å²) in [5.74, 6) is -0.253. The van der Waals surface area contributed by atoms with Gasteiger partial charge in [0.05, 0.1) is 13.2 Å². The lowest BCUT2D eigenvalue weighted by Crippen LogP contribution is -2.51. The minimum absolute atomic E-state index is 0.0914. The molecule has 0 radical (unpaired) electrons. The van der Waals surface area contributed by atoms with Crippen molar-refractivity contribution in [3.05, 3.63) is 20.4 Å². The zero-order valence-electron chi connectivity index (χ0n) is 11.8. The van der Waals surface area contributed by atoms with Crippen LogP contribution in [-0.4, -0.2) is 31.8 Å². The number of rotatable bonds is 5. The first-order chi connectivity index (χ1) is 9.61. The number of esters is 1. The number of ether oxygens (including phenoxy) is 2. The third-order valence-electron chi connectivity index (χ3n) is 3.48. The molecule has 0 aromatic heterocycles. The highest BCUT2D eigenvalue weighted by atomic mass is 16.5. The smallest absolute Gasteiger partial charge is 0.328 e. The lowest BCUT2D eigenvalue weighted by molar-refractivity contribution is -0.145. The van der Waals surface area contributed by atoms with Crippen LogP contribution in [0.15, 0.2) is 9.59 Å². The van der Waals surface area contributed by atoms with Gasteiger partial charge in [0.2, 0.25) is 0 Å². The van der Waals surface area contributed by atoms with Crippen LogP contribution in [0.2, 0.25) is 0 Å². The number of piperidine rings is 1. The average molecular weight is 281 g/mol. The van der Waals surface area contributed by atoms with E-state index in [2.05, 4.69) is 0 Å². The van der Waals surface area contributed by atoms with Crippen LogP contribution in [0, 0.1) is 0 Å². The summed E-state index contributed by atoms with van der Waals surface area (Å²) in [6, 6.07) is -0.494. The van der Waals surface area contributed by atoms with Gasteiger partial charge >= 0.3 is 5.97 Å². The first-order valence-corrected chi connectivity index (χ1v) is 7.01. The number of nitrogens with zero attached hydrogens (tertiary/aromatic N) is 1. The summed E-state index contributed by atoms with van der Waals surface area (Å²) >= 11 is 0. The van der Waals surface area contributed by atoms with Gasteiger partial charge in [0.1, 0.15) is 11.7 Å². The molecule has 2 rings (SSSR count). The second-order valence-electron chi connectivity index (χ2n) is 4.73. The fourth-order valence-electron chi connectivity index (χ4n) is 2.58. The summed E-state index contributed by atoms with van der Waals surface area (Å²) in [4.78, 5) is 37.0. The number of hydrogen-bond acceptors (Lipinski definition) is 6. The van der Waals surface area contributed by atoms with E-state index in [9.17, 15) is 14.4 Å². The highest BCUT2D eigenvalue weighted by Gasteiger charge is 2.37. The van der Waals surface area contributed by atoms with Crippen molar-refractivity contribution >= 4 is 11.7 Å². The molecule has 6 heteroatoms. The van der Waals surface area contributed by atoms with Crippen LogP contribution in [0.4, 0.5) is 5.69 Å². The lowest BCUT2D eigenvalue weighted by Gasteiger charge is -2.36. The summed E-state index contributed by atoms with van der Waals surface area (Å²) in [6.45, 7) is 4.67. The lowest BCUT2D eigenvalue weighted by atomic mass is 10.00. The monoisotopic (exact) mass is 281 g/mol. The van der Waals surface area contributed by atoms with Gasteiger partial charge in [-0.25, -0.2) is 4.79 Å². The van der Waals surface area contributed by atoms with Gasteiger partial charge in [0.15, 0.2) is 5.75 Å². The fraction of sp³-hybridized carbons (Fsp3) is 0.643. The van der Waals surface area contributed by atoms with E-state index in [1.165, 1.54) is 0 Å². The maximum Gasteiger partial charge on any atom is 0.328 e. The zero-order chi connectivity index (χ0) is 14.7. The molecule has 1 fully saturated rings. The maximum atomic E-state index is 12.0. The minimum atomic E-state index is -0.602. The van der Waals surface area contributed by atoms with E-state index in [1.807, 2.05) is 0 Å². The van der Waals surface area contributed by atoms with E-state index in [0.29, 0.717) is 26.2 Å². The van der Waals surface area contributed by atoms with E-state index in [-0.39, 0.29) is 17.4 Å². The Hall–Kier alpha value is -1.85. The van der Waals surface area contributed by atoms with Crippen LogP contribution in [0.25, 0.3) is 0 Å². The summed E-state index contributed by atoms with van der Waals surface area (Å²) in [5, 5.41) is 0. The Kier molecular flexibility index (Phi) is 4.42. The minimum Gasteiger partial charge on any atom is -0.488 e. The van der Waals surface area contributed by atoms with Crippen molar-refractivity contribution in [1.82, 2.24) is 0 Å². The first kappa shape index (κ1) is 14.6. The van der Waals surface area contributed by atoms with E-state index in [4.69, 9.17) is 9.47 Å². The van der Waals surface area contributed by atoms with Gasteiger partial charge in [-0.05, 0) is 33.1 Å². The van der Waals surface area contributed by atoms with E-state index in [0.717, 1.165) is 12.8 Å². The molecule has 1 heterocycles. The summed E-state index contributed by atoms with van der Waals surface area (Å²) in [7, 11) is 0. The van der Waals surface area contributed by atoms with Crippen molar-refractivity contribution in [3.8, 4) is 5.75 Å². The zero-order valence-corrected chi connectivity index (χ0v) is 11.8. The predicted octanol–water partition coefficient (Wildman–Crippen LogP) is 0.603. The van der Waals surface area contributed by atoms with E-state index < -0.39 is 16.9 Å². The number of anilines is 1. The van der Waals surface area contributed by atoms with Crippen molar-refractivity contribution in [1.29, 1.82) is 0 Å². The molecule has 0 aliphatic carbocycles. The van der Waals surface area contributed by atoms with Gasteiger partial charge < -0.3 is 14.4 Å². The second-order valence-corrected chi connectivity index (χ2v) is 4.73. The first-order valence-electron chi connectivity index (χ1n) is 7.01. The summed E-state index contributed by atoms with van der Waals surface area (Å²) < 4.78 is 10.3. The molecule has 0 N–H and O–H groups in total. The molecule has 0 unspecified atom stereocenters. The molecule has 0 bridgehead atoms. The van der Waals surface area contributed by atoms with Crippen LogP contribution >= 0.6 is 0 Å². The van der Waals surface area contributed by atoms with Crippen molar-refractivity contribution in [2.24, 2.45) is 0 Å². The molecule has 0 amide bonds. The Balaban J connectivity index is 2.29. The molecule has 1 atom stereocenters. The Morgan fingerprint density at radius 3 is 2.60 bits per heavy atom. The average Bonchev–Trinajstić information content (AvgIpc) is 2.47.